The number of fused-ring (bicyclic) bond motifs is 1. The van der Waals surface area contributed by atoms with E-state index in [1.807, 2.05) is 6.07 Å². The molecule has 1 saturated heterocycles. The Morgan fingerprint density at radius 1 is 1.00 bits per heavy atom. The van der Waals surface area contributed by atoms with Crippen molar-refractivity contribution < 1.29 is 13.2 Å². The third-order valence-corrected chi connectivity index (χ3v) is 7.99. The SMILES string of the molecule is CN1CCN(C2C[C@@H]3C(c4cc(-c5cnc(N)c(C(F)(F)F)c5)nn4C4CC4)[C@@H]3C2)CC1. The minimum Gasteiger partial charge on any atom is -0.383 e. The summed E-state index contributed by atoms with van der Waals surface area (Å²) in [6.07, 6.45) is 1.52. The fourth-order valence-electron chi connectivity index (χ4n) is 5.99. The normalized spacial score (nSPS) is 31.1. The Bertz CT molecular complexity index is 1010. The topological polar surface area (TPSA) is 63.2 Å². The van der Waals surface area contributed by atoms with E-state index in [0.29, 0.717) is 41.1 Å². The number of hydrogen-bond acceptors (Lipinski definition) is 5. The van der Waals surface area contributed by atoms with Gasteiger partial charge in [-0.05, 0) is 56.7 Å². The summed E-state index contributed by atoms with van der Waals surface area (Å²) in [6.45, 7) is 4.59. The van der Waals surface area contributed by atoms with E-state index in [1.54, 1.807) is 0 Å². The van der Waals surface area contributed by atoms with Gasteiger partial charge in [0.15, 0.2) is 0 Å². The van der Waals surface area contributed by atoms with Gasteiger partial charge >= 0.3 is 6.18 Å². The maximum Gasteiger partial charge on any atom is 0.419 e. The van der Waals surface area contributed by atoms with Crippen molar-refractivity contribution in [3.8, 4) is 11.3 Å². The Morgan fingerprint density at radius 2 is 1.69 bits per heavy atom. The van der Waals surface area contributed by atoms with Crippen LogP contribution in [0.3, 0.4) is 0 Å². The Labute approximate surface area is 185 Å². The predicted octanol–water partition coefficient (Wildman–Crippen LogP) is 3.62. The fourth-order valence-corrected chi connectivity index (χ4v) is 5.99. The van der Waals surface area contributed by atoms with E-state index in [4.69, 9.17) is 10.8 Å². The van der Waals surface area contributed by atoms with E-state index in [2.05, 4.69) is 26.5 Å². The predicted molar refractivity (Wildman–Crippen MR) is 115 cm³/mol. The van der Waals surface area contributed by atoms with Crippen LogP contribution in [0.25, 0.3) is 11.3 Å². The average molecular weight is 447 g/mol. The van der Waals surface area contributed by atoms with Crippen LogP contribution in [0.4, 0.5) is 19.0 Å². The van der Waals surface area contributed by atoms with Crippen molar-refractivity contribution in [1.82, 2.24) is 24.6 Å². The molecular formula is C23H29F3N6. The van der Waals surface area contributed by atoms with Crippen LogP contribution in [0, 0.1) is 11.8 Å². The van der Waals surface area contributed by atoms with Crippen molar-refractivity contribution in [2.75, 3.05) is 39.0 Å². The van der Waals surface area contributed by atoms with Crippen LogP contribution in [-0.4, -0.2) is 63.8 Å². The summed E-state index contributed by atoms with van der Waals surface area (Å²) in [7, 11) is 2.18. The molecule has 9 heteroatoms. The first-order chi connectivity index (χ1) is 15.3. The molecule has 2 unspecified atom stereocenters. The summed E-state index contributed by atoms with van der Waals surface area (Å²) >= 11 is 0. The molecule has 32 heavy (non-hydrogen) atoms. The van der Waals surface area contributed by atoms with E-state index in [1.165, 1.54) is 24.7 Å². The highest BCUT2D eigenvalue weighted by atomic mass is 19.4. The van der Waals surface area contributed by atoms with Gasteiger partial charge in [-0.25, -0.2) is 4.98 Å². The summed E-state index contributed by atoms with van der Waals surface area (Å²) in [5.41, 5.74) is 6.76. The highest BCUT2D eigenvalue weighted by molar-refractivity contribution is 5.63. The molecule has 2 N–H and O–H groups in total. The van der Waals surface area contributed by atoms with Crippen molar-refractivity contribution in [3.63, 3.8) is 0 Å². The molecule has 3 saturated carbocycles. The highest BCUT2D eigenvalue weighted by Crippen LogP contribution is 2.64. The lowest BCUT2D eigenvalue weighted by molar-refractivity contribution is -0.137. The van der Waals surface area contributed by atoms with Crippen LogP contribution in [0.5, 0.6) is 0 Å². The van der Waals surface area contributed by atoms with Gasteiger partial charge in [-0.2, -0.15) is 18.3 Å². The molecule has 2 aromatic rings. The summed E-state index contributed by atoms with van der Waals surface area (Å²) in [5, 5.41) is 4.75. The Morgan fingerprint density at radius 3 is 2.31 bits per heavy atom. The summed E-state index contributed by atoms with van der Waals surface area (Å²) in [5.74, 6) is 1.35. The maximum absolute atomic E-state index is 13.3. The van der Waals surface area contributed by atoms with Gasteiger partial charge in [0, 0.05) is 55.6 Å². The van der Waals surface area contributed by atoms with Gasteiger partial charge in [0.2, 0.25) is 0 Å². The number of anilines is 1. The lowest BCUT2D eigenvalue weighted by Crippen LogP contribution is -2.48. The number of nitrogens with two attached hydrogens (primary N) is 1. The molecule has 6 nitrogen and oxygen atoms in total. The molecule has 0 spiro atoms. The molecule has 4 aliphatic rings. The van der Waals surface area contributed by atoms with Crippen LogP contribution in [-0.2, 0) is 6.18 Å². The highest BCUT2D eigenvalue weighted by Gasteiger charge is 2.59. The average Bonchev–Trinajstić information content (AvgIpc) is 3.62. The van der Waals surface area contributed by atoms with Crippen molar-refractivity contribution in [1.29, 1.82) is 0 Å². The lowest BCUT2D eigenvalue weighted by atomic mass is 10.0. The molecule has 0 amide bonds. The molecule has 2 aromatic heterocycles. The molecule has 4 fully saturated rings. The first-order valence-electron chi connectivity index (χ1n) is 11.6. The monoisotopic (exact) mass is 446 g/mol. The summed E-state index contributed by atoms with van der Waals surface area (Å²) in [4.78, 5) is 8.85. The number of alkyl halides is 3. The smallest absolute Gasteiger partial charge is 0.383 e. The second-order valence-electron chi connectivity index (χ2n) is 10.1. The maximum atomic E-state index is 13.3. The zero-order chi connectivity index (χ0) is 22.2. The summed E-state index contributed by atoms with van der Waals surface area (Å²) in [6, 6.07) is 4.17. The first kappa shape index (κ1) is 20.5. The molecule has 3 heterocycles. The van der Waals surface area contributed by atoms with Crippen LogP contribution in [0.1, 0.15) is 48.9 Å². The van der Waals surface area contributed by atoms with Gasteiger partial charge in [-0.1, -0.05) is 0 Å². The first-order valence-corrected chi connectivity index (χ1v) is 11.6. The largest absolute Gasteiger partial charge is 0.419 e. The molecule has 1 aliphatic heterocycles. The van der Waals surface area contributed by atoms with Gasteiger partial charge < -0.3 is 10.6 Å². The van der Waals surface area contributed by atoms with Crippen LogP contribution in [0.15, 0.2) is 18.3 Å². The van der Waals surface area contributed by atoms with Crippen molar-refractivity contribution >= 4 is 5.82 Å². The summed E-state index contributed by atoms with van der Waals surface area (Å²) < 4.78 is 42.1. The van der Waals surface area contributed by atoms with E-state index in [9.17, 15) is 13.2 Å². The van der Waals surface area contributed by atoms with E-state index < -0.39 is 17.6 Å². The number of halogens is 3. The molecular weight excluding hydrogens is 417 g/mol. The number of aromatic nitrogens is 3. The number of piperazine rings is 1. The van der Waals surface area contributed by atoms with Crippen molar-refractivity contribution in [3.05, 3.63) is 29.6 Å². The van der Waals surface area contributed by atoms with Crippen molar-refractivity contribution in [2.45, 2.75) is 49.9 Å². The van der Waals surface area contributed by atoms with Gasteiger partial charge in [0.05, 0.1) is 17.3 Å². The number of rotatable bonds is 4. The zero-order valence-corrected chi connectivity index (χ0v) is 18.2. The molecule has 172 valence electrons. The second kappa shape index (κ2) is 7.18. The van der Waals surface area contributed by atoms with Gasteiger partial charge in [-0.15, -0.1) is 0 Å². The van der Waals surface area contributed by atoms with Gasteiger partial charge in [0.1, 0.15) is 5.82 Å². The Kier molecular flexibility index (Phi) is 4.60. The molecule has 0 bridgehead atoms. The number of hydrogen-bond donors (Lipinski definition) is 1. The molecule has 0 radical (unpaired) electrons. The van der Waals surface area contributed by atoms with Crippen LogP contribution in [0.2, 0.25) is 0 Å². The second-order valence-corrected chi connectivity index (χ2v) is 10.1. The van der Waals surface area contributed by atoms with E-state index in [-0.39, 0.29) is 0 Å². The number of nitrogens with zero attached hydrogens (tertiary/aromatic N) is 5. The fraction of sp³-hybridized carbons (Fsp3) is 0.652. The van der Waals surface area contributed by atoms with Crippen LogP contribution < -0.4 is 5.73 Å². The molecule has 3 aliphatic carbocycles. The van der Waals surface area contributed by atoms with Gasteiger partial charge in [-0.3, -0.25) is 9.58 Å². The molecule has 6 rings (SSSR count). The number of nitrogen functional groups attached to an aromatic ring is 1. The number of pyridine rings is 1. The minimum atomic E-state index is -4.53. The van der Waals surface area contributed by atoms with Gasteiger partial charge in [0.25, 0.3) is 0 Å². The third-order valence-electron chi connectivity index (χ3n) is 7.99. The molecule has 0 aromatic carbocycles. The molecule has 4 atom stereocenters. The van der Waals surface area contributed by atoms with E-state index in [0.717, 1.165) is 45.1 Å². The standard InChI is InChI=1S/C23H29F3N6/c1-30-4-6-31(7-5-30)15-9-16-17(10-15)21(16)20-11-19(29-32(20)14-2-3-14)13-8-18(23(24,25)26)22(27)28-12-13/h8,11-12,14-17,21H,2-7,9-10H2,1H3,(H2,27,28)/t15?,16-,17+,21?. The number of likely N-dealkylation sites (N-methyl/N-ethyl adjacent to an activating group) is 1. The minimum absolute atomic E-state index is 0.383. The van der Waals surface area contributed by atoms with Crippen LogP contribution >= 0.6 is 0 Å². The zero-order valence-electron chi connectivity index (χ0n) is 18.2. The van der Waals surface area contributed by atoms with E-state index >= 15 is 0 Å². The lowest BCUT2D eigenvalue weighted by Gasteiger charge is -2.37. The van der Waals surface area contributed by atoms with Crippen molar-refractivity contribution in [2.24, 2.45) is 11.8 Å². The quantitative estimate of drug-likeness (QED) is 0.777. The third kappa shape index (κ3) is 3.50. The Hall–Kier alpha value is -2.13. The Balaban J connectivity index is 1.23.